The summed E-state index contributed by atoms with van der Waals surface area (Å²) in [5.41, 5.74) is 2.26. The van der Waals surface area contributed by atoms with Crippen LogP contribution in [-0.2, 0) is 4.79 Å². The van der Waals surface area contributed by atoms with E-state index in [4.69, 9.17) is 18.1 Å². The van der Waals surface area contributed by atoms with Gasteiger partial charge < -0.3 is 16.1 Å². The molecular weight excluding hydrogens is 200 g/mol. The van der Waals surface area contributed by atoms with E-state index in [2.05, 4.69) is 16.1 Å². The molecule has 0 fully saturated rings. The van der Waals surface area contributed by atoms with Crippen molar-refractivity contribution < 1.29 is 4.79 Å². The zero-order valence-electron chi connectivity index (χ0n) is 8.76. The highest BCUT2D eigenvalue weighted by Crippen LogP contribution is 1.88. The smallest absolute Gasteiger partial charge is 0.242 e. The van der Waals surface area contributed by atoms with Gasteiger partial charge in [-0.15, -0.1) is 0 Å². The molecule has 0 bridgehead atoms. The van der Waals surface area contributed by atoms with Crippen LogP contribution in [0.1, 0.15) is 20.8 Å². The minimum absolute atomic E-state index is 0.0868. The van der Waals surface area contributed by atoms with Gasteiger partial charge in [0.2, 0.25) is 5.91 Å². The monoisotopic (exact) mass is 218 g/mol. The first-order valence-corrected chi connectivity index (χ1v) is 4.93. The third-order valence-electron chi connectivity index (χ3n) is 1.56. The molecule has 0 radical (unpaired) electrons. The molecule has 5 N–H and O–H groups in total. The first-order valence-electron chi connectivity index (χ1n) is 4.52. The second-order valence-corrected chi connectivity index (χ2v) is 3.89. The molecule has 0 saturated carbocycles. The molecule has 0 aliphatic carbocycles. The molecule has 0 aromatic heterocycles. The molecule has 14 heavy (non-hydrogen) atoms. The van der Waals surface area contributed by atoms with Gasteiger partial charge in [0.1, 0.15) is 6.04 Å². The summed E-state index contributed by atoms with van der Waals surface area (Å²) in [6.45, 7) is 6.45. The molecule has 82 valence electrons. The Morgan fingerprint density at radius 3 is 2.43 bits per heavy atom. The number of nitrogens with two attached hydrogens (primary N) is 1. The third-order valence-corrected chi connectivity index (χ3v) is 1.79. The SMILES string of the molecule is CC(C)CNC(=O)C(C)NC(=S)NN. The Balaban J connectivity index is 3.82. The van der Waals surface area contributed by atoms with Crippen LogP contribution in [0.15, 0.2) is 0 Å². The number of rotatable bonds is 4. The Morgan fingerprint density at radius 1 is 1.43 bits per heavy atom. The minimum atomic E-state index is -0.378. The Kier molecular flexibility index (Phi) is 6.14. The summed E-state index contributed by atoms with van der Waals surface area (Å²) < 4.78 is 0. The number of hydrogen-bond donors (Lipinski definition) is 4. The number of amides is 1. The lowest BCUT2D eigenvalue weighted by Crippen LogP contribution is -2.50. The van der Waals surface area contributed by atoms with Crippen molar-refractivity contribution in [3.8, 4) is 0 Å². The topological polar surface area (TPSA) is 79.2 Å². The van der Waals surface area contributed by atoms with E-state index in [9.17, 15) is 4.79 Å². The molecule has 0 spiro atoms. The predicted octanol–water partition coefficient (Wildman–Crippen LogP) is -0.515. The largest absolute Gasteiger partial charge is 0.354 e. The van der Waals surface area contributed by atoms with Crippen molar-refractivity contribution in [1.29, 1.82) is 0 Å². The molecule has 6 heteroatoms. The van der Waals surface area contributed by atoms with E-state index in [-0.39, 0.29) is 17.1 Å². The van der Waals surface area contributed by atoms with E-state index in [1.54, 1.807) is 6.92 Å². The Hall–Kier alpha value is -0.880. The van der Waals surface area contributed by atoms with Crippen molar-refractivity contribution in [2.24, 2.45) is 11.8 Å². The van der Waals surface area contributed by atoms with E-state index >= 15 is 0 Å². The van der Waals surface area contributed by atoms with E-state index in [1.165, 1.54) is 0 Å². The first kappa shape index (κ1) is 13.1. The van der Waals surface area contributed by atoms with Crippen molar-refractivity contribution >= 4 is 23.2 Å². The van der Waals surface area contributed by atoms with Crippen LogP contribution < -0.4 is 21.9 Å². The van der Waals surface area contributed by atoms with Crippen molar-refractivity contribution in [3.63, 3.8) is 0 Å². The van der Waals surface area contributed by atoms with Gasteiger partial charge in [-0.2, -0.15) is 0 Å². The number of carbonyl (C=O) groups is 1. The van der Waals surface area contributed by atoms with Crippen LogP contribution in [-0.4, -0.2) is 23.6 Å². The quantitative estimate of drug-likeness (QED) is 0.290. The fourth-order valence-electron chi connectivity index (χ4n) is 0.762. The van der Waals surface area contributed by atoms with Gasteiger partial charge in [0, 0.05) is 6.54 Å². The maximum atomic E-state index is 11.4. The van der Waals surface area contributed by atoms with Crippen LogP contribution in [0.3, 0.4) is 0 Å². The van der Waals surface area contributed by atoms with Gasteiger partial charge in [0.05, 0.1) is 0 Å². The highest BCUT2D eigenvalue weighted by atomic mass is 32.1. The summed E-state index contributed by atoms with van der Waals surface area (Å²) in [5, 5.41) is 5.78. The third kappa shape index (κ3) is 5.71. The van der Waals surface area contributed by atoms with Gasteiger partial charge in [-0.25, -0.2) is 5.84 Å². The van der Waals surface area contributed by atoms with Gasteiger partial charge >= 0.3 is 0 Å². The highest BCUT2D eigenvalue weighted by Gasteiger charge is 2.12. The maximum absolute atomic E-state index is 11.4. The Morgan fingerprint density at radius 2 is 2.00 bits per heavy atom. The fraction of sp³-hybridized carbons (Fsp3) is 0.750. The average Bonchev–Trinajstić information content (AvgIpc) is 2.13. The molecular formula is C8H18N4OS. The summed E-state index contributed by atoms with van der Waals surface area (Å²) in [6, 6.07) is -0.378. The van der Waals surface area contributed by atoms with Gasteiger partial charge in [-0.3, -0.25) is 4.79 Å². The van der Waals surface area contributed by atoms with Crippen molar-refractivity contribution in [3.05, 3.63) is 0 Å². The van der Waals surface area contributed by atoms with E-state index < -0.39 is 0 Å². The molecule has 1 atom stereocenters. The molecule has 0 aliphatic heterocycles. The van der Waals surface area contributed by atoms with Gasteiger partial charge in [-0.1, -0.05) is 13.8 Å². The van der Waals surface area contributed by atoms with E-state index in [0.29, 0.717) is 12.5 Å². The number of thiocarbonyl (C=S) groups is 1. The molecule has 0 aromatic rings. The standard InChI is InChI=1S/C8H18N4OS/c1-5(2)4-10-7(13)6(3)11-8(14)12-9/h5-6H,4,9H2,1-3H3,(H,10,13)(H2,11,12,14). The molecule has 0 heterocycles. The second-order valence-electron chi connectivity index (χ2n) is 3.48. The molecule has 1 unspecified atom stereocenters. The molecule has 0 rings (SSSR count). The average molecular weight is 218 g/mol. The minimum Gasteiger partial charge on any atom is -0.354 e. The lowest BCUT2D eigenvalue weighted by molar-refractivity contribution is -0.122. The van der Waals surface area contributed by atoms with Crippen LogP contribution in [0, 0.1) is 5.92 Å². The van der Waals surface area contributed by atoms with Gasteiger partial charge in [0.15, 0.2) is 5.11 Å². The number of nitrogens with one attached hydrogen (secondary N) is 3. The summed E-state index contributed by atoms with van der Waals surface area (Å²) >= 11 is 4.76. The molecule has 0 saturated heterocycles. The van der Waals surface area contributed by atoms with Crippen LogP contribution in [0.5, 0.6) is 0 Å². The maximum Gasteiger partial charge on any atom is 0.242 e. The van der Waals surface area contributed by atoms with Gasteiger partial charge in [0.25, 0.3) is 0 Å². The lowest BCUT2D eigenvalue weighted by atomic mass is 10.2. The number of hydrazine groups is 1. The summed E-state index contributed by atoms with van der Waals surface area (Å²) in [5.74, 6) is 5.41. The molecule has 0 aromatic carbocycles. The zero-order chi connectivity index (χ0) is 11.1. The van der Waals surface area contributed by atoms with Crippen LogP contribution in [0.4, 0.5) is 0 Å². The Bertz CT molecular complexity index is 208. The van der Waals surface area contributed by atoms with Crippen molar-refractivity contribution in [2.75, 3.05) is 6.54 Å². The highest BCUT2D eigenvalue weighted by molar-refractivity contribution is 7.80. The van der Waals surface area contributed by atoms with Crippen molar-refractivity contribution in [2.45, 2.75) is 26.8 Å². The number of hydrogen-bond acceptors (Lipinski definition) is 3. The van der Waals surface area contributed by atoms with Crippen LogP contribution in [0.25, 0.3) is 0 Å². The normalized spacial score (nSPS) is 12.1. The first-order chi connectivity index (χ1) is 6.47. The van der Waals surface area contributed by atoms with Crippen molar-refractivity contribution in [1.82, 2.24) is 16.1 Å². The summed E-state index contributed by atoms with van der Waals surface area (Å²) in [7, 11) is 0. The lowest BCUT2D eigenvalue weighted by Gasteiger charge is -2.16. The van der Waals surface area contributed by atoms with E-state index in [0.717, 1.165) is 0 Å². The Labute approximate surface area is 89.8 Å². The second kappa shape index (κ2) is 6.56. The fourth-order valence-corrected chi connectivity index (χ4v) is 0.938. The summed E-state index contributed by atoms with van der Waals surface area (Å²) in [4.78, 5) is 11.4. The zero-order valence-corrected chi connectivity index (χ0v) is 9.57. The summed E-state index contributed by atoms with van der Waals surface area (Å²) in [6.07, 6.45) is 0. The van der Waals surface area contributed by atoms with Gasteiger partial charge in [-0.05, 0) is 25.1 Å². The molecule has 0 aliphatic rings. The molecule has 5 nitrogen and oxygen atoms in total. The predicted molar refractivity (Wildman–Crippen MR) is 60.4 cm³/mol. The molecule has 1 amide bonds. The van der Waals surface area contributed by atoms with Crippen LogP contribution in [0.2, 0.25) is 0 Å². The van der Waals surface area contributed by atoms with E-state index in [1.807, 2.05) is 13.8 Å². The number of carbonyl (C=O) groups excluding carboxylic acids is 1. The van der Waals surface area contributed by atoms with Crippen LogP contribution >= 0.6 is 12.2 Å².